The number of primary amides is 1. The first-order valence-corrected chi connectivity index (χ1v) is 13.0. The molecule has 0 atom stereocenters. The third kappa shape index (κ3) is 6.41. The van der Waals surface area contributed by atoms with E-state index in [2.05, 4.69) is 20.7 Å². The van der Waals surface area contributed by atoms with E-state index in [9.17, 15) is 9.59 Å². The largest absolute Gasteiger partial charge is 0.491 e. The fraction of sp³-hybridized carbons (Fsp3) is 0.286. The van der Waals surface area contributed by atoms with Crippen molar-refractivity contribution in [2.45, 2.75) is 33.4 Å². The van der Waals surface area contributed by atoms with Gasteiger partial charge in [0, 0.05) is 38.2 Å². The van der Waals surface area contributed by atoms with Gasteiger partial charge < -0.3 is 31.2 Å². The lowest BCUT2D eigenvalue weighted by Crippen LogP contribution is -2.19. The fourth-order valence-corrected chi connectivity index (χ4v) is 4.24. The number of para-hydroxylation sites is 2. The highest BCUT2D eigenvalue weighted by atomic mass is 16.5. The lowest BCUT2D eigenvalue weighted by Gasteiger charge is -2.16. The average Bonchev–Trinajstić information content (AvgIpc) is 3.49. The summed E-state index contributed by atoms with van der Waals surface area (Å²) in [5, 5.41) is 19.6. The molecule has 0 aliphatic carbocycles. The molecule has 0 saturated heterocycles. The number of aryl methyl sites for hydroxylation is 2. The summed E-state index contributed by atoms with van der Waals surface area (Å²) >= 11 is 0. The molecule has 0 aliphatic rings. The number of aromatic nitrogens is 4. The van der Waals surface area contributed by atoms with E-state index < -0.39 is 5.91 Å². The van der Waals surface area contributed by atoms with Gasteiger partial charge in [0.15, 0.2) is 0 Å². The summed E-state index contributed by atoms with van der Waals surface area (Å²) in [7, 11) is 0. The number of amides is 2. The van der Waals surface area contributed by atoms with Crippen molar-refractivity contribution in [3.8, 4) is 5.75 Å². The molecule has 0 unspecified atom stereocenters. The summed E-state index contributed by atoms with van der Waals surface area (Å²) < 4.78 is 9.31. The monoisotopic (exact) mass is 546 g/mol. The summed E-state index contributed by atoms with van der Waals surface area (Å²) in [5.41, 5.74) is 15.5. The van der Waals surface area contributed by atoms with Gasteiger partial charge in [0.25, 0.3) is 5.91 Å². The van der Waals surface area contributed by atoms with Crippen LogP contribution in [0.5, 0.6) is 5.75 Å². The molecular weight excluding hydrogens is 512 g/mol. The number of carbonyl (C=O) groups excluding carboxylic acids is 2. The molecule has 0 bridgehead atoms. The lowest BCUT2D eigenvalue weighted by atomic mass is 10.1. The number of benzene rings is 2. The van der Waals surface area contributed by atoms with Gasteiger partial charge in [-0.1, -0.05) is 24.3 Å². The Balaban J connectivity index is 1.49. The second-order valence-electron chi connectivity index (χ2n) is 9.06. The maximum atomic E-state index is 13.1. The second-order valence-corrected chi connectivity index (χ2v) is 9.06. The van der Waals surface area contributed by atoms with Crippen LogP contribution < -0.4 is 26.8 Å². The number of anilines is 3. The topological polar surface area (TPSA) is 175 Å². The van der Waals surface area contributed by atoms with Gasteiger partial charge in [-0.05, 0) is 44.2 Å². The number of hydrogen-bond acceptors (Lipinski definition) is 8. The number of ether oxygens (including phenoxy) is 1. The van der Waals surface area contributed by atoms with Gasteiger partial charge in [0.05, 0.1) is 29.0 Å². The summed E-state index contributed by atoms with van der Waals surface area (Å²) in [6.45, 7) is 5.43. The molecule has 210 valence electrons. The third-order valence-electron chi connectivity index (χ3n) is 6.14. The molecule has 4 rings (SSSR count). The van der Waals surface area contributed by atoms with E-state index in [-0.39, 0.29) is 24.7 Å². The number of hydrogen-bond donors (Lipinski definition) is 5. The van der Waals surface area contributed by atoms with Crippen LogP contribution in [0.2, 0.25) is 0 Å². The summed E-state index contributed by atoms with van der Waals surface area (Å²) in [5.74, 6) is -0.0952. The summed E-state index contributed by atoms with van der Waals surface area (Å²) in [6.07, 6.45) is 4.28. The number of fused-ring (bicyclic) bond motifs is 1. The van der Waals surface area contributed by atoms with Crippen molar-refractivity contribution in [2.75, 3.05) is 36.1 Å². The van der Waals surface area contributed by atoms with Gasteiger partial charge in [-0.2, -0.15) is 5.10 Å². The normalized spacial score (nSPS) is 11.3. The summed E-state index contributed by atoms with van der Waals surface area (Å²) in [4.78, 5) is 29.4. The molecular formula is C28H34N8O4. The summed E-state index contributed by atoms with van der Waals surface area (Å²) in [6, 6.07) is 12.4. The Morgan fingerprint density at radius 1 is 1.18 bits per heavy atom. The zero-order valence-corrected chi connectivity index (χ0v) is 22.6. The van der Waals surface area contributed by atoms with E-state index in [0.717, 1.165) is 16.7 Å². The van der Waals surface area contributed by atoms with Gasteiger partial charge in [-0.3, -0.25) is 19.6 Å². The molecule has 2 heterocycles. The van der Waals surface area contributed by atoms with Crippen molar-refractivity contribution in [3.05, 3.63) is 71.6 Å². The van der Waals surface area contributed by atoms with Crippen molar-refractivity contribution >= 4 is 40.2 Å². The van der Waals surface area contributed by atoms with Crippen LogP contribution in [0, 0.1) is 6.92 Å². The Hall–Kier alpha value is -4.84. The molecule has 2 amide bonds. The maximum absolute atomic E-state index is 13.1. The number of imidazole rings is 1. The van der Waals surface area contributed by atoms with Crippen LogP contribution in [0.15, 0.2) is 54.6 Å². The highest BCUT2D eigenvalue weighted by Gasteiger charge is 2.18. The van der Waals surface area contributed by atoms with Crippen molar-refractivity contribution < 1.29 is 19.4 Å². The molecule has 2 aromatic carbocycles. The van der Waals surface area contributed by atoms with Crippen LogP contribution in [0.3, 0.4) is 0 Å². The average molecular weight is 547 g/mol. The van der Waals surface area contributed by atoms with Crippen LogP contribution in [-0.2, 0) is 13.1 Å². The number of carbonyl (C=O) groups is 2. The third-order valence-corrected chi connectivity index (χ3v) is 6.14. The smallest absolute Gasteiger partial charge is 0.276 e. The van der Waals surface area contributed by atoms with E-state index in [0.29, 0.717) is 54.8 Å². The lowest BCUT2D eigenvalue weighted by molar-refractivity contribution is 0.0995. The van der Waals surface area contributed by atoms with E-state index >= 15 is 0 Å². The van der Waals surface area contributed by atoms with E-state index in [1.54, 1.807) is 10.7 Å². The van der Waals surface area contributed by atoms with Gasteiger partial charge in [0.2, 0.25) is 11.9 Å². The van der Waals surface area contributed by atoms with Crippen LogP contribution in [0.1, 0.15) is 39.9 Å². The Morgan fingerprint density at radius 3 is 2.73 bits per heavy atom. The Labute approximate surface area is 231 Å². The number of nitrogens with two attached hydrogens (primary N) is 2. The molecule has 0 radical (unpaired) electrons. The Kier molecular flexibility index (Phi) is 9.02. The van der Waals surface area contributed by atoms with Crippen molar-refractivity contribution in [1.82, 2.24) is 19.3 Å². The molecule has 12 nitrogen and oxygen atoms in total. The van der Waals surface area contributed by atoms with E-state index in [1.807, 2.05) is 54.8 Å². The quantitative estimate of drug-likeness (QED) is 0.0966. The number of nitrogens with zero attached hydrogens (tertiary/aromatic N) is 4. The maximum Gasteiger partial charge on any atom is 0.276 e. The van der Waals surface area contributed by atoms with Gasteiger partial charge in [-0.25, -0.2) is 4.98 Å². The molecule has 12 heteroatoms. The predicted octanol–water partition coefficient (Wildman–Crippen LogP) is 2.92. The highest BCUT2D eigenvalue weighted by molar-refractivity contribution is 6.03. The van der Waals surface area contributed by atoms with Crippen molar-refractivity contribution in [1.29, 1.82) is 0 Å². The molecule has 0 saturated carbocycles. The number of rotatable bonds is 13. The first-order valence-electron chi connectivity index (χ1n) is 13.0. The fourth-order valence-electron chi connectivity index (χ4n) is 4.24. The van der Waals surface area contributed by atoms with Gasteiger partial charge in [0.1, 0.15) is 17.1 Å². The van der Waals surface area contributed by atoms with Crippen LogP contribution in [-0.4, -0.2) is 56.0 Å². The highest BCUT2D eigenvalue weighted by Crippen LogP contribution is 2.32. The Bertz CT molecular complexity index is 1540. The van der Waals surface area contributed by atoms with Crippen LogP contribution >= 0.6 is 0 Å². The SMILES string of the molecule is CCn1nc(C)cc1C(=O)Nc1nc2ccccc2n1C/C=C/CNc1c(N)cc(C(N)=O)cc1OCCCO. The Morgan fingerprint density at radius 2 is 1.98 bits per heavy atom. The standard InChI is InChI=1S/C28H34N8O4/c1-3-36-23(15-18(2)34-36)27(39)33-28-32-21-9-4-5-10-22(21)35(28)12-7-6-11-31-25-20(29)16-19(26(30)38)17-24(25)40-14-8-13-37/h4-7,9-10,15-17,31,37H,3,8,11-14,29H2,1-2H3,(H2,30,38)(H,32,33,39)/b7-6+. The number of aliphatic hydroxyl groups is 1. The molecule has 7 N–H and O–H groups in total. The minimum absolute atomic E-state index is 0.0241. The second kappa shape index (κ2) is 12.8. The molecule has 40 heavy (non-hydrogen) atoms. The number of aliphatic hydroxyl groups excluding tert-OH is 1. The minimum Gasteiger partial charge on any atom is -0.491 e. The zero-order valence-electron chi connectivity index (χ0n) is 22.6. The molecule has 0 spiro atoms. The van der Waals surface area contributed by atoms with Crippen LogP contribution in [0.4, 0.5) is 17.3 Å². The predicted molar refractivity (Wildman–Crippen MR) is 155 cm³/mol. The first-order chi connectivity index (χ1) is 19.3. The number of nitrogens with one attached hydrogen (secondary N) is 2. The zero-order chi connectivity index (χ0) is 28.6. The molecule has 4 aromatic rings. The van der Waals surface area contributed by atoms with E-state index in [4.69, 9.17) is 21.3 Å². The van der Waals surface area contributed by atoms with Crippen molar-refractivity contribution in [2.24, 2.45) is 5.73 Å². The van der Waals surface area contributed by atoms with Crippen LogP contribution in [0.25, 0.3) is 11.0 Å². The van der Waals surface area contributed by atoms with Gasteiger partial charge in [-0.15, -0.1) is 0 Å². The number of allylic oxidation sites excluding steroid dienone is 1. The van der Waals surface area contributed by atoms with Crippen molar-refractivity contribution in [3.63, 3.8) is 0 Å². The molecule has 0 aliphatic heterocycles. The number of nitrogen functional groups attached to an aromatic ring is 1. The minimum atomic E-state index is -0.616. The van der Waals surface area contributed by atoms with Gasteiger partial charge >= 0.3 is 0 Å². The first kappa shape index (κ1) is 28.2. The van der Waals surface area contributed by atoms with E-state index in [1.165, 1.54) is 12.1 Å². The molecule has 0 fully saturated rings. The molecule has 2 aromatic heterocycles.